The molecule has 0 unspecified atom stereocenters. The smallest absolute Gasteiger partial charge is 0.146 e. The summed E-state index contributed by atoms with van der Waals surface area (Å²) >= 11 is 0. The molecule has 0 bridgehead atoms. The van der Waals surface area contributed by atoms with Crippen LogP contribution in [0.25, 0.3) is 10.8 Å². The summed E-state index contributed by atoms with van der Waals surface area (Å²) in [4.78, 5) is 0. The third kappa shape index (κ3) is 6.38. The number of hydrogen-bond donors (Lipinski definition) is 0. The van der Waals surface area contributed by atoms with Crippen LogP contribution in [0.2, 0.25) is 0 Å². The predicted octanol–water partition coefficient (Wildman–Crippen LogP) is 9.04. The van der Waals surface area contributed by atoms with Gasteiger partial charge in [-0.1, -0.05) is 93.0 Å². The van der Waals surface area contributed by atoms with Crippen molar-refractivity contribution in [3.05, 3.63) is 94.8 Å². The number of rotatable bonds is 7. The van der Waals surface area contributed by atoms with Crippen molar-refractivity contribution in [2.75, 3.05) is 0 Å². The summed E-state index contributed by atoms with van der Waals surface area (Å²) in [5.74, 6) is 7.79. The summed E-state index contributed by atoms with van der Waals surface area (Å²) in [5.41, 5.74) is 4.00. The minimum Gasteiger partial charge on any atom is -0.205 e. The summed E-state index contributed by atoms with van der Waals surface area (Å²) in [6.45, 7) is 4.23. The van der Waals surface area contributed by atoms with Crippen molar-refractivity contribution in [1.29, 1.82) is 0 Å². The number of halogens is 1. The van der Waals surface area contributed by atoms with Crippen LogP contribution in [0, 0.1) is 29.5 Å². The van der Waals surface area contributed by atoms with Crippen LogP contribution in [0.1, 0.15) is 81.0 Å². The topological polar surface area (TPSA) is 0 Å². The SMILES string of the molecule is C/C=C/CCC1CCC(CCc2ccc(C#Cc3ccc4cc(CC)ccc4c3F)cc2)CC1. The Morgan fingerprint density at radius 3 is 2.26 bits per heavy atom. The molecule has 34 heavy (non-hydrogen) atoms. The molecule has 1 heteroatoms. The molecule has 4 rings (SSSR count). The maximum atomic E-state index is 14.9. The van der Waals surface area contributed by atoms with Crippen molar-refractivity contribution in [1.82, 2.24) is 0 Å². The number of allylic oxidation sites excluding steroid dienone is 2. The molecule has 1 fully saturated rings. The van der Waals surface area contributed by atoms with E-state index in [1.165, 1.54) is 56.1 Å². The molecule has 1 saturated carbocycles. The lowest BCUT2D eigenvalue weighted by Crippen LogP contribution is -2.15. The van der Waals surface area contributed by atoms with Crippen LogP contribution in [0.4, 0.5) is 4.39 Å². The maximum absolute atomic E-state index is 14.9. The lowest BCUT2D eigenvalue weighted by atomic mass is 9.78. The van der Waals surface area contributed by atoms with Gasteiger partial charge in [0.05, 0.1) is 5.56 Å². The highest BCUT2D eigenvalue weighted by Gasteiger charge is 2.20. The van der Waals surface area contributed by atoms with E-state index in [9.17, 15) is 4.39 Å². The molecule has 1 aliphatic carbocycles. The molecule has 0 amide bonds. The summed E-state index contributed by atoms with van der Waals surface area (Å²) < 4.78 is 14.9. The second-order valence-corrected chi connectivity index (χ2v) is 9.85. The third-order valence-electron chi connectivity index (χ3n) is 7.51. The van der Waals surface area contributed by atoms with Crippen molar-refractivity contribution >= 4 is 10.8 Å². The van der Waals surface area contributed by atoms with E-state index >= 15 is 0 Å². The lowest BCUT2D eigenvalue weighted by Gasteiger charge is -2.28. The Kier molecular flexibility index (Phi) is 8.59. The summed E-state index contributed by atoms with van der Waals surface area (Å²) in [7, 11) is 0. The van der Waals surface area contributed by atoms with Gasteiger partial charge in [0.25, 0.3) is 0 Å². The van der Waals surface area contributed by atoms with Crippen LogP contribution in [0.3, 0.4) is 0 Å². The first-order valence-electron chi connectivity index (χ1n) is 13.1. The lowest BCUT2D eigenvalue weighted by molar-refractivity contribution is 0.254. The molecule has 0 N–H and O–H groups in total. The van der Waals surface area contributed by atoms with E-state index in [1.807, 2.05) is 18.2 Å². The van der Waals surface area contributed by atoms with E-state index in [0.29, 0.717) is 10.9 Å². The zero-order valence-electron chi connectivity index (χ0n) is 20.7. The van der Waals surface area contributed by atoms with E-state index in [4.69, 9.17) is 0 Å². The molecule has 176 valence electrons. The fourth-order valence-electron chi connectivity index (χ4n) is 5.23. The zero-order valence-corrected chi connectivity index (χ0v) is 20.7. The van der Waals surface area contributed by atoms with Gasteiger partial charge >= 0.3 is 0 Å². The van der Waals surface area contributed by atoms with Crippen molar-refractivity contribution in [2.45, 2.75) is 71.6 Å². The van der Waals surface area contributed by atoms with Gasteiger partial charge in [0.15, 0.2) is 0 Å². The van der Waals surface area contributed by atoms with E-state index in [-0.39, 0.29) is 5.82 Å². The van der Waals surface area contributed by atoms with Gasteiger partial charge in [-0.25, -0.2) is 4.39 Å². The predicted molar refractivity (Wildman–Crippen MR) is 144 cm³/mol. The van der Waals surface area contributed by atoms with Crippen molar-refractivity contribution in [2.24, 2.45) is 11.8 Å². The van der Waals surface area contributed by atoms with Crippen molar-refractivity contribution < 1.29 is 4.39 Å². The second kappa shape index (κ2) is 12.0. The van der Waals surface area contributed by atoms with Gasteiger partial charge in [-0.3, -0.25) is 0 Å². The van der Waals surface area contributed by atoms with Gasteiger partial charge < -0.3 is 0 Å². The van der Waals surface area contributed by atoms with Gasteiger partial charge in [-0.05, 0) is 85.6 Å². The van der Waals surface area contributed by atoms with Crippen LogP contribution >= 0.6 is 0 Å². The van der Waals surface area contributed by atoms with E-state index < -0.39 is 0 Å². The molecule has 1 aliphatic rings. The van der Waals surface area contributed by atoms with Gasteiger partial charge in [0, 0.05) is 10.9 Å². The van der Waals surface area contributed by atoms with Crippen molar-refractivity contribution in [3.63, 3.8) is 0 Å². The van der Waals surface area contributed by atoms with Crippen LogP contribution in [0.15, 0.2) is 66.7 Å². The van der Waals surface area contributed by atoms with Crippen LogP contribution in [-0.4, -0.2) is 0 Å². The third-order valence-corrected chi connectivity index (χ3v) is 7.51. The second-order valence-electron chi connectivity index (χ2n) is 9.85. The Morgan fingerprint density at radius 1 is 0.853 bits per heavy atom. The first kappa shape index (κ1) is 24.3. The Hall–Kier alpha value is -2.85. The molecule has 0 heterocycles. The van der Waals surface area contributed by atoms with E-state index in [2.05, 4.69) is 68.2 Å². The van der Waals surface area contributed by atoms with Gasteiger partial charge in [-0.2, -0.15) is 0 Å². The molecule has 0 aromatic heterocycles. The zero-order chi connectivity index (χ0) is 23.8. The average Bonchev–Trinajstić information content (AvgIpc) is 2.88. The molecule has 3 aromatic rings. The highest BCUT2D eigenvalue weighted by atomic mass is 19.1. The monoisotopic (exact) mass is 452 g/mol. The van der Waals surface area contributed by atoms with E-state index in [0.717, 1.165) is 35.6 Å². The minimum absolute atomic E-state index is 0.221. The van der Waals surface area contributed by atoms with Gasteiger partial charge in [0.1, 0.15) is 5.82 Å². The van der Waals surface area contributed by atoms with Crippen LogP contribution < -0.4 is 0 Å². The van der Waals surface area contributed by atoms with Crippen molar-refractivity contribution in [3.8, 4) is 11.8 Å². The molecular weight excluding hydrogens is 415 g/mol. The Bertz CT molecular complexity index is 1160. The summed E-state index contributed by atoms with van der Waals surface area (Å²) in [6.07, 6.45) is 16.1. The fraction of sp³-hybridized carbons (Fsp3) is 0.394. The minimum atomic E-state index is -0.221. The average molecular weight is 453 g/mol. The molecule has 0 radical (unpaired) electrons. The molecule has 0 saturated heterocycles. The largest absolute Gasteiger partial charge is 0.205 e. The standard InChI is InChI=1S/C33H37F/c1-3-5-6-7-26-8-10-27(11-9-26)12-13-28-14-16-29(17-15-28)18-20-30-21-22-31-24-25(4-2)19-23-32(31)33(30)34/h3,5,14-17,19,21-24,26-27H,4,6-13H2,1-2H3/b5-3+. The highest BCUT2D eigenvalue weighted by molar-refractivity contribution is 5.85. The van der Waals surface area contributed by atoms with E-state index in [1.54, 1.807) is 6.07 Å². The maximum Gasteiger partial charge on any atom is 0.146 e. The Balaban J connectivity index is 1.31. The normalized spacial score (nSPS) is 18.2. The molecule has 3 aromatic carbocycles. The first-order chi connectivity index (χ1) is 16.7. The van der Waals surface area contributed by atoms with Gasteiger partial charge in [0.2, 0.25) is 0 Å². The number of fused-ring (bicyclic) bond motifs is 1. The number of hydrogen-bond acceptors (Lipinski definition) is 0. The first-order valence-corrected chi connectivity index (χ1v) is 13.1. The van der Waals surface area contributed by atoms with Gasteiger partial charge in [-0.15, -0.1) is 0 Å². The quantitative estimate of drug-likeness (QED) is 0.248. The molecule has 0 spiro atoms. The number of benzene rings is 3. The number of aryl methyl sites for hydroxylation is 2. The summed E-state index contributed by atoms with van der Waals surface area (Å²) in [5, 5.41) is 1.58. The highest BCUT2D eigenvalue weighted by Crippen LogP contribution is 2.34. The van der Waals surface area contributed by atoms with Crippen LogP contribution in [-0.2, 0) is 12.8 Å². The molecule has 0 aliphatic heterocycles. The molecular formula is C33H37F. The summed E-state index contributed by atoms with van der Waals surface area (Å²) in [6, 6.07) is 18.2. The molecule has 0 atom stereocenters. The fourth-order valence-corrected chi connectivity index (χ4v) is 5.23. The molecule has 0 nitrogen and oxygen atoms in total. The Labute approximate surface area is 205 Å². The van der Waals surface area contributed by atoms with Crippen LogP contribution in [0.5, 0.6) is 0 Å². The Morgan fingerprint density at radius 2 is 1.56 bits per heavy atom.